The molecule has 7 nitrogen and oxygen atoms in total. The summed E-state index contributed by atoms with van der Waals surface area (Å²) < 4.78 is 42.9. The van der Waals surface area contributed by atoms with Crippen LogP contribution >= 0.6 is 11.6 Å². The monoisotopic (exact) mass is 580 g/mol. The van der Waals surface area contributed by atoms with E-state index in [0.717, 1.165) is 36.6 Å². The molecule has 10 heteroatoms. The Kier molecular flexibility index (Phi) is 6.84. The molecule has 0 amide bonds. The molecule has 0 spiro atoms. The van der Waals surface area contributed by atoms with E-state index >= 15 is 4.39 Å². The van der Waals surface area contributed by atoms with Crippen LogP contribution in [-0.4, -0.2) is 77.7 Å². The van der Waals surface area contributed by atoms with Crippen LogP contribution < -0.4 is 9.64 Å². The molecule has 1 N–H and O–H groups in total. The van der Waals surface area contributed by atoms with Crippen LogP contribution in [0.4, 0.5) is 14.6 Å². The number of hydrogen-bond donors (Lipinski definition) is 1. The van der Waals surface area contributed by atoms with Crippen LogP contribution in [0.2, 0.25) is 5.02 Å². The highest BCUT2D eigenvalue weighted by Crippen LogP contribution is 2.43. The fourth-order valence-corrected chi connectivity index (χ4v) is 7.11. The first-order valence-electron chi connectivity index (χ1n) is 14.2. The van der Waals surface area contributed by atoms with E-state index in [2.05, 4.69) is 14.8 Å². The van der Waals surface area contributed by atoms with E-state index in [9.17, 15) is 9.50 Å². The fourth-order valence-electron chi connectivity index (χ4n) is 6.82. The van der Waals surface area contributed by atoms with Crippen LogP contribution in [-0.2, 0) is 4.74 Å². The third kappa shape index (κ3) is 4.73. The fraction of sp³-hybridized carbons (Fsp3) is 0.419. The number of hydrogen-bond acceptors (Lipinski definition) is 7. The molecule has 214 valence electrons. The smallest absolute Gasteiger partial charge is 0.319 e. The second-order valence-electron chi connectivity index (χ2n) is 11.3. The number of rotatable bonds is 5. The lowest BCUT2D eigenvalue weighted by atomic mass is 9.95. The van der Waals surface area contributed by atoms with Crippen molar-refractivity contribution in [3.63, 3.8) is 0 Å². The van der Waals surface area contributed by atoms with E-state index < -0.39 is 17.5 Å². The minimum Gasteiger partial charge on any atom is -0.508 e. The molecule has 0 unspecified atom stereocenters. The Labute approximate surface area is 241 Å². The maximum atomic E-state index is 16.7. The van der Waals surface area contributed by atoms with Gasteiger partial charge < -0.3 is 19.5 Å². The van der Waals surface area contributed by atoms with Gasteiger partial charge in [-0.3, -0.25) is 4.90 Å². The highest BCUT2D eigenvalue weighted by atomic mass is 35.5. The number of fused-ring (bicyclic) bond motifs is 3. The molecule has 0 radical (unpaired) electrons. The van der Waals surface area contributed by atoms with Gasteiger partial charge in [0.15, 0.2) is 5.82 Å². The SMILES string of the molecule is Oc1cc(-c2c(Cl)cc3c(N4CCCOCC4)nc(OC[C@@]45CCCN4C[C@H](F)C5)nc3c2F)c2ccccc2c1. The van der Waals surface area contributed by atoms with E-state index in [-0.39, 0.29) is 34.5 Å². The largest absolute Gasteiger partial charge is 0.508 e. The van der Waals surface area contributed by atoms with Crippen molar-refractivity contribution in [3.05, 3.63) is 53.3 Å². The molecule has 3 aromatic carbocycles. The number of aromatic nitrogens is 2. The highest BCUT2D eigenvalue weighted by molar-refractivity contribution is 6.35. The van der Waals surface area contributed by atoms with Gasteiger partial charge in [0.25, 0.3) is 0 Å². The Morgan fingerprint density at radius 3 is 2.85 bits per heavy atom. The van der Waals surface area contributed by atoms with Gasteiger partial charge in [0, 0.05) is 43.6 Å². The van der Waals surface area contributed by atoms with Crippen molar-refractivity contribution < 1.29 is 23.4 Å². The second-order valence-corrected chi connectivity index (χ2v) is 11.7. The summed E-state index contributed by atoms with van der Waals surface area (Å²) in [5.41, 5.74) is 0.310. The van der Waals surface area contributed by atoms with E-state index in [1.807, 2.05) is 24.3 Å². The molecule has 0 bridgehead atoms. The Morgan fingerprint density at radius 2 is 1.95 bits per heavy atom. The Balaban J connectivity index is 1.37. The number of ether oxygens (including phenoxy) is 2. The first kappa shape index (κ1) is 26.6. The average Bonchev–Trinajstić information content (AvgIpc) is 3.33. The number of alkyl halides is 1. The van der Waals surface area contributed by atoms with Crippen molar-refractivity contribution in [1.82, 2.24) is 14.9 Å². The molecular formula is C31H31ClF2N4O3. The maximum Gasteiger partial charge on any atom is 0.319 e. The molecule has 3 fully saturated rings. The topological polar surface area (TPSA) is 71.0 Å². The summed E-state index contributed by atoms with van der Waals surface area (Å²) >= 11 is 6.81. The van der Waals surface area contributed by atoms with Crippen LogP contribution in [0.5, 0.6) is 11.8 Å². The zero-order valence-corrected chi connectivity index (χ0v) is 23.3. The van der Waals surface area contributed by atoms with E-state index in [1.54, 1.807) is 12.1 Å². The maximum absolute atomic E-state index is 16.7. The van der Waals surface area contributed by atoms with E-state index in [4.69, 9.17) is 26.1 Å². The van der Waals surface area contributed by atoms with Crippen LogP contribution in [0.3, 0.4) is 0 Å². The number of benzene rings is 3. The van der Waals surface area contributed by atoms with Gasteiger partial charge in [-0.05, 0) is 60.3 Å². The van der Waals surface area contributed by atoms with Gasteiger partial charge in [0.05, 0.1) is 17.2 Å². The van der Waals surface area contributed by atoms with Crippen molar-refractivity contribution in [2.75, 3.05) is 50.9 Å². The quantitative estimate of drug-likeness (QED) is 0.304. The predicted molar refractivity (Wildman–Crippen MR) is 155 cm³/mol. The third-order valence-electron chi connectivity index (χ3n) is 8.71. The molecule has 4 aromatic rings. The van der Waals surface area contributed by atoms with Crippen LogP contribution in [0, 0.1) is 5.82 Å². The van der Waals surface area contributed by atoms with Gasteiger partial charge in [-0.2, -0.15) is 9.97 Å². The van der Waals surface area contributed by atoms with E-state index in [0.29, 0.717) is 56.0 Å². The van der Waals surface area contributed by atoms with Crippen LogP contribution in [0.25, 0.3) is 32.8 Å². The summed E-state index contributed by atoms with van der Waals surface area (Å²) in [5, 5.41) is 12.6. The number of phenols is 1. The molecule has 1 aromatic heterocycles. The summed E-state index contributed by atoms with van der Waals surface area (Å²) in [6, 6.07) is 12.3. The summed E-state index contributed by atoms with van der Waals surface area (Å²) in [4.78, 5) is 13.6. The lowest BCUT2D eigenvalue weighted by Gasteiger charge is -2.31. The van der Waals surface area contributed by atoms with Crippen molar-refractivity contribution in [3.8, 4) is 22.9 Å². The minimum atomic E-state index is -0.886. The molecule has 0 aliphatic carbocycles. The summed E-state index contributed by atoms with van der Waals surface area (Å²) in [7, 11) is 0. The molecule has 4 heterocycles. The van der Waals surface area contributed by atoms with Crippen molar-refractivity contribution in [2.45, 2.75) is 37.4 Å². The Bertz CT molecular complexity index is 1630. The van der Waals surface area contributed by atoms with Gasteiger partial charge in [-0.15, -0.1) is 0 Å². The van der Waals surface area contributed by atoms with Crippen molar-refractivity contribution >= 4 is 39.1 Å². The van der Waals surface area contributed by atoms with Crippen LogP contribution in [0.15, 0.2) is 42.5 Å². The van der Waals surface area contributed by atoms with Crippen molar-refractivity contribution in [1.29, 1.82) is 0 Å². The summed E-state index contributed by atoms with van der Waals surface area (Å²) in [6.07, 6.45) is 2.15. The van der Waals surface area contributed by atoms with Crippen LogP contribution in [0.1, 0.15) is 25.7 Å². The first-order chi connectivity index (χ1) is 19.9. The van der Waals surface area contributed by atoms with Gasteiger partial charge in [0.2, 0.25) is 0 Å². The molecule has 41 heavy (non-hydrogen) atoms. The van der Waals surface area contributed by atoms with Gasteiger partial charge >= 0.3 is 6.01 Å². The molecule has 7 rings (SSSR count). The standard InChI is InChI=1S/C31H31ClF2N4O3/c32-25-15-24-28(27(34)26(25)23-14-21(39)13-19-5-1-2-6-22(19)23)35-30(36-29(24)37-8-4-11-40-12-10-37)41-18-31-7-3-9-38(31)17-20(33)16-31/h1-2,5-6,13-15,20,39H,3-4,7-12,16-18H2/t20-,31+/m1/s1. The zero-order chi connectivity index (χ0) is 28.1. The molecular weight excluding hydrogens is 550 g/mol. The number of nitrogens with zero attached hydrogens (tertiary/aromatic N) is 4. The second kappa shape index (κ2) is 10.5. The molecule has 3 aliphatic heterocycles. The van der Waals surface area contributed by atoms with Crippen molar-refractivity contribution in [2.24, 2.45) is 0 Å². The zero-order valence-electron chi connectivity index (χ0n) is 22.6. The molecule has 3 aliphatic rings. The first-order valence-corrected chi connectivity index (χ1v) is 14.6. The lowest BCUT2D eigenvalue weighted by molar-refractivity contribution is 0.107. The minimum absolute atomic E-state index is 0.00864. The average molecular weight is 581 g/mol. The molecule has 3 saturated heterocycles. The normalized spacial score (nSPS) is 23.3. The van der Waals surface area contributed by atoms with Gasteiger partial charge in [-0.1, -0.05) is 35.9 Å². The molecule has 0 saturated carbocycles. The Hall–Kier alpha value is -3.27. The summed E-state index contributed by atoms with van der Waals surface area (Å²) in [5.74, 6) is -0.0818. The number of phenolic OH excluding ortho intramolecular Hbond substituents is 1. The lowest BCUT2D eigenvalue weighted by Crippen LogP contribution is -2.43. The van der Waals surface area contributed by atoms with Gasteiger partial charge in [-0.25, -0.2) is 8.78 Å². The predicted octanol–water partition coefficient (Wildman–Crippen LogP) is 6.13. The number of aromatic hydroxyl groups is 1. The van der Waals surface area contributed by atoms with E-state index in [1.165, 1.54) is 6.07 Å². The highest BCUT2D eigenvalue weighted by Gasteiger charge is 2.49. The van der Waals surface area contributed by atoms with Gasteiger partial charge in [0.1, 0.15) is 29.9 Å². The Morgan fingerprint density at radius 1 is 1.07 bits per heavy atom. The number of anilines is 1. The number of halogens is 3. The molecule has 2 atom stereocenters. The summed E-state index contributed by atoms with van der Waals surface area (Å²) in [6.45, 7) is 3.89. The third-order valence-corrected chi connectivity index (χ3v) is 9.01.